The second-order valence-electron chi connectivity index (χ2n) is 10.4. The number of hydrogen-bond acceptors (Lipinski definition) is 7. The number of methoxy groups -OCH3 is 2. The Kier molecular flexibility index (Phi) is 7.62. The normalized spacial score (nSPS) is 12.9. The molecule has 2 aliphatic rings. The van der Waals surface area contributed by atoms with Gasteiger partial charge in [-0.1, -0.05) is 23.8 Å². The van der Waals surface area contributed by atoms with Crippen LogP contribution in [0.4, 0.5) is 27.5 Å². The van der Waals surface area contributed by atoms with Gasteiger partial charge in [0.1, 0.15) is 11.5 Å². The number of amides is 6. The molecule has 0 saturated heterocycles. The Hall–Kier alpha value is -7.29. The number of rotatable bonds is 6. The fraction of sp³-hybridized carbons (Fsp3) is 0.0541. The molecule has 0 spiro atoms. The van der Waals surface area contributed by atoms with Gasteiger partial charge in [-0.3, -0.25) is 19.2 Å². The van der Waals surface area contributed by atoms with E-state index in [9.17, 15) is 24.0 Å². The molecule has 2 N–H and O–H groups in total. The van der Waals surface area contributed by atoms with Gasteiger partial charge in [-0.2, -0.15) is 0 Å². The molecule has 2 heterocycles. The van der Waals surface area contributed by atoms with E-state index >= 15 is 0 Å². The molecule has 0 aliphatic carbocycles. The molecule has 0 aromatic heterocycles. The monoisotopic (exact) mass is 634 g/mol. The van der Waals surface area contributed by atoms with E-state index in [1.807, 2.05) is 0 Å². The molecule has 0 radical (unpaired) electrons. The first-order valence-electron chi connectivity index (χ1n) is 14.1. The van der Waals surface area contributed by atoms with Crippen LogP contribution in [-0.4, -0.2) is 43.9 Å². The molecule has 0 unspecified atom stereocenters. The molecule has 11 nitrogen and oxygen atoms in total. The molecule has 0 fully saturated rings. The molecule has 0 bridgehead atoms. The molecule has 4 aromatic rings. The number of benzene rings is 4. The van der Waals surface area contributed by atoms with Crippen molar-refractivity contribution in [1.29, 1.82) is 0 Å². The first-order valence-corrected chi connectivity index (χ1v) is 14.1. The molecule has 48 heavy (non-hydrogen) atoms. The van der Waals surface area contributed by atoms with E-state index in [1.165, 1.54) is 56.7 Å². The molecule has 2 aliphatic heterocycles. The molecular weight excluding hydrogens is 612 g/mol. The third-order valence-electron chi connectivity index (χ3n) is 7.69. The summed E-state index contributed by atoms with van der Waals surface area (Å²) in [6.07, 6.45) is 16.6. The predicted molar refractivity (Wildman–Crippen MR) is 178 cm³/mol. The molecule has 0 saturated carbocycles. The van der Waals surface area contributed by atoms with Crippen molar-refractivity contribution in [3.63, 3.8) is 0 Å². The zero-order chi connectivity index (χ0) is 34.3. The number of urea groups is 1. The van der Waals surface area contributed by atoms with Crippen LogP contribution in [-0.2, 0) is 0 Å². The van der Waals surface area contributed by atoms with E-state index in [2.05, 4.69) is 28.4 Å². The summed E-state index contributed by atoms with van der Waals surface area (Å²) in [4.78, 5) is 69.6. The lowest BCUT2D eigenvalue weighted by Gasteiger charge is -2.21. The lowest BCUT2D eigenvalue weighted by molar-refractivity contribution is 0.0912. The number of fused-ring (bicyclic) bond motifs is 2. The van der Waals surface area contributed by atoms with Crippen molar-refractivity contribution >= 4 is 52.4 Å². The summed E-state index contributed by atoms with van der Waals surface area (Å²) in [6, 6.07) is 15.3. The topological polar surface area (TPSA) is 134 Å². The smallest absolute Gasteiger partial charge is 0.323 e. The Morgan fingerprint density at radius 1 is 0.604 bits per heavy atom. The Morgan fingerprint density at radius 2 is 1.06 bits per heavy atom. The van der Waals surface area contributed by atoms with Crippen LogP contribution in [0, 0.1) is 37.0 Å². The van der Waals surface area contributed by atoms with Crippen molar-refractivity contribution in [1.82, 2.24) is 0 Å². The maximum Gasteiger partial charge on any atom is 0.323 e. The molecule has 6 rings (SSSR count). The minimum atomic E-state index is -0.724. The first kappa shape index (κ1) is 30.7. The number of terminal acetylenes is 3. The van der Waals surface area contributed by atoms with Crippen LogP contribution in [0.3, 0.4) is 0 Å². The van der Waals surface area contributed by atoms with Gasteiger partial charge in [0.2, 0.25) is 0 Å². The van der Waals surface area contributed by atoms with Crippen LogP contribution in [0.1, 0.15) is 58.1 Å². The minimum absolute atomic E-state index is 0.0226. The zero-order valence-electron chi connectivity index (χ0n) is 25.3. The number of ether oxygens (including phenoxy) is 2. The van der Waals surface area contributed by atoms with Gasteiger partial charge in [-0.05, 0) is 60.7 Å². The van der Waals surface area contributed by atoms with Crippen LogP contribution < -0.4 is 29.9 Å². The summed E-state index contributed by atoms with van der Waals surface area (Å²) in [6.45, 7) is 0. The molecule has 11 heteroatoms. The Balaban J connectivity index is 1.44. The summed E-state index contributed by atoms with van der Waals surface area (Å²) >= 11 is 0. The van der Waals surface area contributed by atoms with Gasteiger partial charge in [0.15, 0.2) is 0 Å². The fourth-order valence-corrected chi connectivity index (χ4v) is 5.47. The molecule has 4 aromatic carbocycles. The van der Waals surface area contributed by atoms with Crippen LogP contribution >= 0.6 is 0 Å². The van der Waals surface area contributed by atoms with Crippen molar-refractivity contribution in [2.24, 2.45) is 0 Å². The SMILES string of the molecule is C#Cc1cccc(NC(=O)Nc2cc(N3C(=O)c4cc(C#C)c(OC)cc4C3=O)cc(N3C(=O)c4cc(C#C)c(OC)cc4C3=O)c2)c1. The summed E-state index contributed by atoms with van der Waals surface area (Å²) in [7, 11) is 2.75. The maximum atomic E-state index is 13.7. The maximum absolute atomic E-state index is 13.7. The van der Waals surface area contributed by atoms with E-state index in [4.69, 9.17) is 28.7 Å². The Bertz CT molecular complexity index is 2150. The van der Waals surface area contributed by atoms with E-state index in [1.54, 1.807) is 24.3 Å². The van der Waals surface area contributed by atoms with E-state index in [0.29, 0.717) is 11.3 Å². The number of carbonyl (C=O) groups excluding carboxylic acids is 5. The lowest BCUT2D eigenvalue weighted by atomic mass is 10.0. The highest BCUT2D eigenvalue weighted by atomic mass is 16.5. The lowest BCUT2D eigenvalue weighted by Crippen LogP contribution is -2.32. The average Bonchev–Trinajstić information content (AvgIpc) is 3.48. The summed E-state index contributed by atoms with van der Waals surface area (Å²) < 4.78 is 10.6. The highest BCUT2D eigenvalue weighted by molar-refractivity contribution is 6.36. The van der Waals surface area contributed by atoms with Gasteiger partial charge < -0.3 is 20.1 Å². The number of hydrogen-bond donors (Lipinski definition) is 2. The number of nitrogens with one attached hydrogen (secondary N) is 2. The van der Waals surface area contributed by atoms with Gasteiger partial charge in [0, 0.05) is 16.9 Å². The molecule has 0 atom stereocenters. The van der Waals surface area contributed by atoms with Crippen LogP contribution in [0.25, 0.3) is 0 Å². The summed E-state index contributed by atoms with van der Waals surface area (Å²) in [5.41, 5.74) is 1.45. The highest BCUT2D eigenvalue weighted by Gasteiger charge is 2.41. The average molecular weight is 635 g/mol. The number of nitrogens with zero attached hydrogens (tertiary/aromatic N) is 2. The molecule has 232 valence electrons. The molecule has 6 amide bonds. The zero-order valence-corrected chi connectivity index (χ0v) is 25.3. The van der Waals surface area contributed by atoms with Crippen LogP contribution in [0.2, 0.25) is 0 Å². The van der Waals surface area contributed by atoms with Gasteiger partial charge in [-0.25, -0.2) is 14.6 Å². The quantitative estimate of drug-likeness (QED) is 0.228. The van der Waals surface area contributed by atoms with E-state index in [-0.39, 0.29) is 61.9 Å². The third kappa shape index (κ3) is 5.02. The van der Waals surface area contributed by atoms with E-state index in [0.717, 1.165) is 9.80 Å². The van der Waals surface area contributed by atoms with Gasteiger partial charge in [0.05, 0.1) is 59.0 Å². The van der Waals surface area contributed by atoms with Gasteiger partial charge in [-0.15, -0.1) is 19.3 Å². The van der Waals surface area contributed by atoms with Crippen molar-refractivity contribution in [2.75, 3.05) is 34.7 Å². The predicted octanol–water partition coefficient (Wildman–Crippen LogP) is 4.89. The van der Waals surface area contributed by atoms with Gasteiger partial charge >= 0.3 is 6.03 Å². The van der Waals surface area contributed by atoms with Crippen LogP contribution in [0.15, 0.2) is 66.7 Å². The minimum Gasteiger partial charge on any atom is -0.495 e. The number of anilines is 4. The van der Waals surface area contributed by atoms with Gasteiger partial charge in [0.25, 0.3) is 23.6 Å². The third-order valence-corrected chi connectivity index (χ3v) is 7.69. The number of imide groups is 2. The van der Waals surface area contributed by atoms with Crippen molar-refractivity contribution < 1.29 is 33.4 Å². The first-order chi connectivity index (χ1) is 23.1. The van der Waals surface area contributed by atoms with Crippen molar-refractivity contribution in [2.45, 2.75) is 0 Å². The van der Waals surface area contributed by atoms with Crippen molar-refractivity contribution in [3.05, 3.63) is 106 Å². The highest BCUT2D eigenvalue weighted by Crippen LogP contribution is 2.39. The number of carbonyl (C=O) groups is 5. The second kappa shape index (κ2) is 11.9. The van der Waals surface area contributed by atoms with Crippen LogP contribution in [0.5, 0.6) is 11.5 Å². The largest absolute Gasteiger partial charge is 0.495 e. The Morgan fingerprint density at radius 3 is 1.50 bits per heavy atom. The molecular formula is C37H22N4O7. The van der Waals surface area contributed by atoms with Crippen molar-refractivity contribution in [3.8, 4) is 48.5 Å². The summed E-state index contributed by atoms with van der Waals surface area (Å²) in [5.74, 6) is 4.88. The summed E-state index contributed by atoms with van der Waals surface area (Å²) in [5, 5.41) is 5.29. The Labute approximate surface area is 274 Å². The van der Waals surface area contributed by atoms with E-state index < -0.39 is 29.7 Å². The second-order valence-corrected chi connectivity index (χ2v) is 10.4. The standard InChI is InChI=1S/C37H22N4O7/c1-6-20-10-9-11-23(12-20)38-37(46)39-24-15-25(40-33(42)27-13-21(7-2)31(47-4)18-29(27)35(40)44)17-26(16-24)41-34(43)28-14-22(8-3)32(48-5)19-30(28)36(41)45/h1-3,9-19H,4-5H3,(H2,38,39,46). The fourth-order valence-electron chi connectivity index (χ4n) is 5.47.